The molecule has 3 rings (SSSR count). The van der Waals surface area contributed by atoms with Gasteiger partial charge in [0.05, 0.1) is 26.2 Å². The zero-order valence-corrected chi connectivity index (χ0v) is 16.4. The van der Waals surface area contributed by atoms with Crippen LogP contribution in [0.4, 0.5) is 10.1 Å². The van der Waals surface area contributed by atoms with Crippen LogP contribution in [0.5, 0.6) is 0 Å². The number of quaternary nitrogens is 1. The van der Waals surface area contributed by atoms with Crippen LogP contribution in [0.2, 0.25) is 0 Å². The standard InChI is InChI=1S/C22H28FN3O/c1-16-5-4-6-21(17(16)2)26-13-11-25(12-14-26)18(3)22(27)24-15-19-7-9-20(23)10-8-19/h4-10,18H,11-15H2,1-3H3,(H,24,27)/p+1/t18-/m0/s1. The molecule has 1 atom stereocenters. The van der Waals surface area contributed by atoms with Crippen molar-refractivity contribution >= 4 is 11.6 Å². The fourth-order valence-electron chi connectivity index (χ4n) is 3.68. The zero-order valence-electron chi connectivity index (χ0n) is 16.4. The molecule has 2 aromatic carbocycles. The van der Waals surface area contributed by atoms with E-state index in [-0.39, 0.29) is 17.8 Å². The molecule has 144 valence electrons. The van der Waals surface area contributed by atoms with E-state index in [2.05, 4.69) is 42.3 Å². The monoisotopic (exact) mass is 370 g/mol. The Morgan fingerprint density at radius 3 is 2.48 bits per heavy atom. The summed E-state index contributed by atoms with van der Waals surface area (Å²) in [6, 6.07) is 12.6. The second kappa shape index (κ2) is 8.53. The highest BCUT2D eigenvalue weighted by atomic mass is 19.1. The summed E-state index contributed by atoms with van der Waals surface area (Å²) in [4.78, 5) is 16.3. The fourth-order valence-corrected chi connectivity index (χ4v) is 3.68. The molecule has 0 unspecified atom stereocenters. The Labute approximate surface area is 161 Å². The predicted octanol–water partition coefficient (Wildman–Crippen LogP) is 1.85. The van der Waals surface area contributed by atoms with Crippen LogP contribution in [0.1, 0.15) is 23.6 Å². The fraction of sp³-hybridized carbons (Fsp3) is 0.409. The number of halogens is 1. The molecule has 0 radical (unpaired) electrons. The summed E-state index contributed by atoms with van der Waals surface area (Å²) in [5.74, 6) is -0.209. The third-order valence-electron chi connectivity index (χ3n) is 5.71. The molecule has 5 heteroatoms. The first-order chi connectivity index (χ1) is 13.0. The minimum atomic E-state index is -0.260. The highest BCUT2D eigenvalue weighted by Crippen LogP contribution is 2.22. The van der Waals surface area contributed by atoms with Crippen LogP contribution in [0.15, 0.2) is 42.5 Å². The van der Waals surface area contributed by atoms with Crippen molar-refractivity contribution in [3.63, 3.8) is 0 Å². The maximum atomic E-state index is 13.0. The molecular weight excluding hydrogens is 341 g/mol. The Bertz CT molecular complexity index is 783. The zero-order chi connectivity index (χ0) is 19.4. The molecular formula is C22H29FN3O+. The Kier molecular flexibility index (Phi) is 6.11. The highest BCUT2D eigenvalue weighted by Gasteiger charge is 2.29. The summed E-state index contributed by atoms with van der Waals surface area (Å²) < 4.78 is 13.0. The number of aryl methyl sites for hydroxylation is 1. The van der Waals surface area contributed by atoms with Crippen molar-refractivity contribution in [2.45, 2.75) is 33.4 Å². The number of rotatable bonds is 5. The minimum absolute atomic E-state index is 0.0505. The summed E-state index contributed by atoms with van der Waals surface area (Å²) in [5, 5.41) is 2.98. The molecule has 0 aromatic heterocycles. The van der Waals surface area contributed by atoms with Crippen LogP contribution in [0, 0.1) is 19.7 Å². The number of nitrogens with zero attached hydrogens (tertiary/aromatic N) is 1. The topological polar surface area (TPSA) is 36.8 Å². The number of carbonyl (C=O) groups is 1. The van der Waals surface area contributed by atoms with Gasteiger partial charge in [-0.15, -0.1) is 0 Å². The number of hydrogen-bond donors (Lipinski definition) is 2. The van der Waals surface area contributed by atoms with Crippen molar-refractivity contribution in [2.75, 3.05) is 31.1 Å². The Hall–Kier alpha value is -2.40. The van der Waals surface area contributed by atoms with E-state index in [1.54, 1.807) is 12.1 Å². The first kappa shape index (κ1) is 19.4. The van der Waals surface area contributed by atoms with Gasteiger partial charge in [-0.05, 0) is 55.7 Å². The second-order valence-electron chi connectivity index (χ2n) is 7.43. The van der Waals surface area contributed by atoms with Crippen molar-refractivity contribution in [2.24, 2.45) is 0 Å². The molecule has 1 aliphatic rings. The number of carbonyl (C=O) groups excluding carboxylic acids is 1. The first-order valence-corrected chi connectivity index (χ1v) is 9.63. The highest BCUT2D eigenvalue weighted by molar-refractivity contribution is 5.79. The summed E-state index contributed by atoms with van der Waals surface area (Å²) >= 11 is 0. The molecule has 1 fully saturated rings. The molecule has 0 aliphatic carbocycles. The molecule has 1 amide bonds. The smallest absolute Gasteiger partial charge is 0.278 e. The van der Waals surface area contributed by atoms with E-state index >= 15 is 0 Å². The number of anilines is 1. The number of piperazine rings is 1. The lowest BCUT2D eigenvalue weighted by atomic mass is 10.1. The molecule has 27 heavy (non-hydrogen) atoms. The summed E-state index contributed by atoms with van der Waals surface area (Å²) in [6.45, 7) is 10.5. The lowest BCUT2D eigenvalue weighted by Gasteiger charge is -2.36. The van der Waals surface area contributed by atoms with E-state index < -0.39 is 0 Å². The third kappa shape index (κ3) is 4.66. The molecule has 0 spiro atoms. The van der Waals surface area contributed by atoms with Gasteiger partial charge in [-0.3, -0.25) is 4.79 Å². The average Bonchev–Trinajstić information content (AvgIpc) is 2.69. The van der Waals surface area contributed by atoms with Gasteiger partial charge in [0.2, 0.25) is 0 Å². The van der Waals surface area contributed by atoms with E-state index in [0.717, 1.165) is 31.7 Å². The van der Waals surface area contributed by atoms with Gasteiger partial charge in [0.25, 0.3) is 5.91 Å². The van der Waals surface area contributed by atoms with Crippen molar-refractivity contribution in [3.8, 4) is 0 Å². The molecule has 2 N–H and O–H groups in total. The van der Waals surface area contributed by atoms with Gasteiger partial charge in [0.1, 0.15) is 5.82 Å². The van der Waals surface area contributed by atoms with E-state index in [4.69, 9.17) is 0 Å². The largest absolute Gasteiger partial charge is 0.360 e. The Morgan fingerprint density at radius 2 is 1.81 bits per heavy atom. The predicted molar refractivity (Wildman–Crippen MR) is 107 cm³/mol. The Morgan fingerprint density at radius 1 is 1.15 bits per heavy atom. The van der Waals surface area contributed by atoms with Gasteiger partial charge in [0.15, 0.2) is 6.04 Å². The van der Waals surface area contributed by atoms with Crippen molar-refractivity contribution in [3.05, 3.63) is 65.0 Å². The molecule has 1 aliphatic heterocycles. The number of hydrogen-bond acceptors (Lipinski definition) is 2. The normalized spacial score (nSPS) is 16.2. The molecule has 0 bridgehead atoms. The van der Waals surface area contributed by atoms with E-state index in [1.165, 1.54) is 33.8 Å². The minimum Gasteiger partial charge on any atom is -0.360 e. The second-order valence-corrected chi connectivity index (χ2v) is 7.43. The number of benzene rings is 2. The van der Waals surface area contributed by atoms with Gasteiger partial charge in [-0.2, -0.15) is 0 Å². The molecule has 0 saturated carbocycles. The van der Waals surface area contributed by atoms with E-state index in [9.17, 15) is 9.18 Å². The van der Waals surface area contributed by atoms with Gasteiger partial charge in [-0.25, -0.2) is 4.39 Å². The van der Waals surface area contributed by atoms with Crippen LogP contribution in [-0.4, -0.2) is 38.1 Å². The van der Waals surface area contributed by atoms with Crippen LogP contribution >= 0.6 is 0 Å². The maximum Gasteiger partial charge on any atom is 0.278 e. The third-order valence-corrected chi connectivity index (χ3v) is 5.71. The van der Waals surface area contributed by atoms with Gasteiger partial charge in [-0.1, -0.05) is 24.3 Å². The van der Waals surface area contributed by atoms with Gasteiger partial charge >= 0.3 is 0 Å². The first-order valence-electron chi connectivity index (χ1n) is 9.63. The lowest BCUT2D eigenvalue weighted by Crippen LogP contribution is -3.19. The van der Waals surface area contributed by atoms with Gasteiger partial charge in [0, 0.05) is 12.2 Å². The van der Waals surface area contributed by atoms with Crippen LogP contribution in [0.3, 0.4) is 0 Å². The summed E-state index contributed by atoms with van der Waals surface area (Å²) in [7, 11) is 0. The van der Waals surface area contributed by atoms with Gasteiger partial charge < -0.3 is 15.1 Å². The van der Waals surface area contributed by atoms with E-state index in [1.807, 2.05) is 6.92 Å². The summed E-state index contributed by atoms with van der Waals surface area (Å²) in [6.07, 6.45) is 0. The number of amides is 1. The SMILES string of the molecule is Cc1cccc(N2CC[NH+]([C@@H](C)C(=O)NCc3ccc(F)cc3)CC2)c1C. The quantitative estimate of drug-likeness (QED) is 0.843. The number of nitrogens with one attached hydrogen (secondary N) is 2. The molecule has 1 saturated heterocycles. The Balaban J connectivity index is 1.51. The van der Waals surface area contributed by atoms with Crippen LogP contribution in [0.25, 0.3) is 0 Å². The average molecular weight is 370 g/mol. The van der Waals surface area contributed by atoms with Crippen molar-refractivity contribution < 1.29 is 14.1 Å². The van der Waals surface area contributed by atoms with Crippen LogP contribution < -0.4 is 15.1 Å². The molecule has 2 aromatic rings. The molecule has 1 heterocycles. The van der Waals surface area contributed by atoms with E-state index in [0.29, 0.717) is 6.54 Å². The summed E-state index contributed by atoms with van der Waals surface area (Å²) in [5.41, 5.74) is 4.87. The maximum absolute atomic E-state index is 13.0. The van der Waals surface area contributed by atoms with Crippen molar-refractivity contribution in [1.29, 1.82) is 0 Å². The lowest BCUT2D eigenvalue weighted by molar-refractivity contribution is -0.914. The van der Waals surface area contributed by atoms with Crippen molar-refractivity contribution in [1.82, 2.24) is 5.32 Å². The molecule has 4 nitrogen and oxygen atoms in total. The van der Waals surface area contributed by atoms with Crippen LogP contribution in [-0.2, 0) is 11.3 Å².